The van der Waals surface area contributed by atoms with E-state index in [0.717, 1.165) is 35.7 Å². The zero-order valence-electron chi connectivity index (χ0n) is 18.2. The summed E-state index contributed by atoms with van der Waals surface area (Å²) in [6.07, 6.45) is 2.39. The van der Waals surface area contributed by atoms with Gasteiger partial charge in [0.1, 0.15) is 0 Å². The van der Waals surface area contributed by atoms with Gasteiger partial charge in [0.15, 0.2) is 10.8 Å². The van der Waals surface area contributed by atoms with E-state index in [4.69, 9.17) is 4.74 Å². The summed E-state index contributed by atoms with van der Waals surface area (Å²) in [6, 6.07) is 1.94. The Kier molecular flexibility index (Phi) is 7.02. The minimum absolute atomic E-state index is 0.0923. The number of hydrogen-bond donors (Lipinski definition) is 1. The van der Waals surface area contributed by atoms with Crippen molar-refractivity contribution in [2.45, 2.75) is 47.0 Å². The molecule has 0 spiro atoms. The lowest BCUT2D eigenvalue weighted by molar-refractivity contribution is -0.120. The Balaban J connectivity index is 1.72. The molecule has 1 atom stereocenters. The maximum absolute atomic E-state index is 12.9. The normalized spacial score (nSPS) is 16.6. The van der Waals surface area contributed by atoms with E-state index in [1.807, 2.05) is 19.9 Å². The number of aryl methyl sites for hydroxylation is 2. The zero-order valence-corrected chi connectivity index (χ0v) is 19.0. The molecule has 1 fully saturated rings. The molecule has 3 rings (SSSR count). The molecule has 162 valence electrons. The molecule has 1 aliphatic rings. The number of thiazole rings is 1. The van der Waals surface area contributed by atoms with Crippen LogP contribution in [0.2, 0.25) is 0 Å². The molecule has 0 aliphatic carbocycles. The van der Waals surface area contributed by atoms with Gasteiger partial charge in [0, 0.05) is 29.4 Å². The Labute approximate surface area is 181 Å². The number of esters is 1. The fourth-order valence-corrected chi connectivity index (χ4v) is 4.76. The third-order valence-corrected chi connectivity index (χ3v) is 5.94. The van der Waals surface area contributed by atoms with Crippen LogP contribution in [0.5, 0.6) is 0 Å². The van der Waals surface area contributed by atoms with Crippen molar-refractivity contribution in [3.63, 3.8) is 0 Å². The Morgan fingerprint density at radius 1 is 1.27 bits per heavy atom. The maximum atomic E-state index is 12.9. The van der Waals surface area contributed by atoms with Gasteiger partial charge in [0.25, 0.3) is 0 Å². The Morgan fingerprint density at radius 3 is 2.60 bits per heavy atom. The molecule has 2 aromatic rings. The Hall–Kier alpha value is -2.55. The molecule has 0 saturated carbocycles. The average molecular weight is 432 g/mol. The largest absolute Gasteiger partial charge is 0.464 e. The Bertz CT molecular complexity index is 907. The number of anilines is 2. The molecule has 1 saturated heterocycles. The third-order valence-electron chi connectivity index (χ3n) is 4.95. The van der Waals surface area contributed by atoms with Crippen molar-refractivity contribution < 1.29 is 14.3 Å². The van der Waals surface area contributed by atoms with Crippen LogP contribution < -0.4 is 10.2 Å². The zero-order chi connectivity index (χ0) is 21.8. The SMILES string of the molecule is COC(=O)c1nc(NC(=O)C2CCCN(c3nc(C)cc(C)n3)C2)sc1CC(C)C. The van der Waals surface area contributed by atoms with Crippen molar-refractivity contribution in [1.29, 1.82) is 0 Å². The van der Waals surface area contributed by atoms with Gasteiger partial charge in [-0.1, -0.05) is 13.8 Å². The number of carbonyl (C=O) groups excluding carboxylic acids is 2. The number of piperidine rings is 1. The molecule has 0 aromatic carbocycles. The lowest BCUT2D eigenvalue weighted by Crippen LogP contribution is -2.41. The second-order valence-corrected chi connectivity index (χ2v) is 9.19. The number of hydrogen-bond acceptors (Lipinski definition) is 8. The van der Waals surface area contributed by atoms with Gasteiger partial charge >= 0.3 is 5.97 Å². The van der Waals surface area contributed by atoms with Gasteiger partial charge in [0.05, 0.1) is 13.0 Å². The van der Waals surface area contributed by atoms with Gasteiger partial charge in [-0.15, -0.1) is 11.3 Å². The predicted molar refractivity (Wildman–Crippen MR) is 117 cm³/mol. The summed E-state index contributed by atoms with van der Waals surface area (Å²) in [5.74, 6) is 0.277. The molecular weight excluding hydrogens is 402 g/mol. The van der Waals surface area contributed by atoms with Crippen molar-refractivity contribution in [3.8, 4) is 0 Å². The molecule has 1 amide bonds. The Morgan fingerprint density at radius 2 is 1.97 bits per heavy atom. The van der Waals surface area contributed by atoms with Gasteiger partial charge in [-0.05, 0) is 45.1 Å². The van der Waals surface area contributed by atoms with Crippen molar-refractivity contribution in [3.05, 3.63) is 28.0 Å². The number of amides is 1. The fourth-order valence-electron chi connectivity index (χ4n) is 3.60. The van der Waals surface area contributed by atoms with Crippen molar-refractivity contribution >= 4 is 34.3 Å². The van der Waals surface area contributed by atoms with Gasteiger partial charge in [-0.25, -0.2) is 19.7 Å². The molecular formula is C21H29N5O3S. The maximum Gasteiger partial charge on any atom is 0.357 e. The highest BCUT2D eigenvalue weighted by molar-refractivity contribution is 7.16. The van der Waals surface area contributed by atoms with Crippen LogP contribution in [0.15, 0.2) is 6.07 Å². The van der Waals surface area contributed by atoms with Crippen LogP contribution in [0, 0.1) is 25.7 Å². The van der Waals surface area contributed by atoms with Crippen molar-refractivity contribution in [2.75, 3.05) is 30.4 Å². The van der Waals surface area contributed by atoms with Crippen molar-refractivity contribution in [1.82, 2.24) is 15.0 Å². The van der Waals surface area contributed by atoms with E-state index in [9.17, 15) is 9.59 Å². The second kappa shape index (κ2) is 9.51. The molecule has 8 nitrogen and oxygen atoms in total. The first-order valence-electron chi connectivity index (χ1n) is 10.2. The summed E-state index contributed by atoms with van der Waals surface area (Å²) in [5.41, 5.74) is 2.13. The summed E-state index contributed by atoms with van der Waals surface area (Å²) in [4.78, 5) is 41.3. The van der Waals surface area contributed by atoms with E-state index < -0.39 is 5.97 Å². The standard InChI is InChI=1S/C21H29N5O3S/c1-12(2)9-16-17(19(28)29-5)24-21(30-16)25-18(27)15-7-6-8-26(11-15)20-22-13(3)10-14(4)23-20/h10,12,15H,6-9,11H2,1-5H3,(H,24,25,27). The first kappa shape index (κ1) is 22.1. The van der Waals surface area contributed by atoms with Crippen LogP contribution in [0.1, 0.15) is 53.4 Å². The quantitative estimate of drug-likeness (QED) is 0.700. The topological polar surface area (TPSA) is 97.3 Å². The highest BCUT2D eigenvalue weighted by atomic mass is 32.1. The first-order valence-corrected chi connectivity index (χ1v) is 11.0. The predicted octanol–water partition coefficient (Wildman–Crippen LogP) is 3.39. The highest BCUT2D eigenvalue weighted by Crippen LogP contribution is 2.28. The van der Waals surface area contributed by atoms with E-state index in [-0.39, 0.29) is 11.8 Å². The second-order valence-electron chi connectivity index (χ2n) is 8.11. The first-order chi connectivity index (χ1) is 14.3. The summed E-state index contributed by atoms with van der Waals surface area (Å²) in [7, 11) is 1.34. The van der Waals surface area contributed by atoms with Crippen LogP contribution in [-0.4, -0.2) is 47.0 Å². The summed E-state index contributed by atoms with van der Waals surface area (Å²) < 4.78 is 4.85. The smallest absolute Gasteiger partial charge is 0.357 e. The number of rotatable bonds is 6. The van der Waals surface area contributed by atoms with E-state index in [1.54, 1.807) is 0 Å². The third kappa shape index (κ3) is 5.33. The monoisotopic (exact) mass is 431 g/mol. The summed E-state index contributed by atoms with van der Waals surface area (Å²) in [6.45, 7) is 9.43. The van der Waals surface area contributed by atoms with Crippen molar-refractivity contribution in [2.24, 2.45) is 11.8 Å². The molecule has 3 heterocycles. The lowest BCUT2D eigenvalue weighted by atomic mass is 9.97. The van der Waals surface area contributed by atoms with Crippen LogP contribution >= 0.6 is 11.3 Å². The molecule has 0 bridgehead atoms. The minimum atomic E-state index is -0.474. The molecule has 2 aromatic heterocycles. The molecule has 1 N–H and O–H groups in total. The summed E-state index contributed by atoms with van der Waals surface area (Å²) in [5, 5.41) is 3.35. The number of nitrogens with zero attached hydrogens (tertiary/aromatic N) is 4. The summed E-state index contributed by atoms with van der Waals surface area (Å²) >= 11 is 1.34. The minimum Gasteiger partial charge on any atom is -0.464 e. The van der Waals surface area contributed by atoms with Gasteiger partial charge < -0.3 is 15.0 Å². The number of ether oxygens (including phenoxy) is 1. The van der Waals surface area contributed by atoms with Crippen LogP contribution in [0.4, 0.5) is 11.1 Å². The van der Waals surface area contributed by atoms with E-state index >= 15 is 0 Å². The fraction of sp³-hybridized carbons (Fsp3) is 0.571. The van der Waals surface area contributed by atoms with E-state index in [2.05, 4.69) is 39.0 Å². The van der Waals surface area contributed by atoms with Crippen LogP contribution in [0.3, 0.4) is 0 Å². The molecule has 30 heavy (non-hydrogen) atoms. The van der Waals surface area contributed by atoms with Crippen LogP contribution in [-0.2, 0) is 16.0 Å². The number of carbonyl (C=O) groups is 2. The van der Waals surface area contributed by atoms with E-state index in [1.165, 1.54) is 18.4 Å². The van der Waals surface area contributed by atoms with Gasteiger partial charge in [-0.3, -0.25) is 4.79 Å². The van der Waals surface area contributed by atoms with E-state index in [0.29, 0.717) is 35.7 Å². The number of aromatic nitrogens is 3. The van der Waals surface area contributed by atoms with Gasteiger partial charge in [0.2, 0.25) is 11.9 Å². The molecule has 0 radical (unpaired) electrons. The number of nitrogens with one attached hydrogen (secondary N) is 1. The molecule has 1 unspecified atom stereocenters. The highest BCUT2D eigenvalue weighted by Gasteiger charge is 2.29. The molecule has 9 heteroatoms. The molecule has 1 aliphatic heterocycles. The number of methoxy groups -OCH3 is 1. The lowest BCUT2D eigenvalue weighted by Gasteiger charge is -2.32. The average Bonchev–Trinajstić information content (AvgIpc) is 3.08. The van der Waals surface area contributed by atoms with Gasteiger partial charge in [-0.2, -0.15) is 0 Å². The van der Waals surface area contributed by atoms with Crippen LogP contribution in [0.25, 0.3) is 0 Å².